The van der Waals surface area contributed by atoms with Crippen molar-refractivity contribution in [2.75, 3.05) is 39.1 Å². The van der Waals surface area contributed by atoms with Gasteiger partial charge in [0.15, 0.2) is 0 Å². The Kier molecular flexibility index (Phi) is 7.73. The summed E-state index contributed by atoms with van der Waals surface area (Å²) in [6.45, 7) is 3.60. The van der Waals surface area contributed by atoms with Crippen LogP contribution >= 0.6 is 12.6 Å². The van der Waals surface area contributed by atoms with E-state index in [0.717, 1.165) is 32.0 Å². The number of nitrogens with zero attached hydrogens (tertiary/aromatic N) is 2. The topological polar surface area (TPSA) is 36.3 Å². The largest absolute Gasteiger partial charge is 0.383 e. The molecule has 0 aliphatic heterocycles. The van der Waals surface area contributed by atoms with Gasteiger partial charge in [0.05, 0.1) is 12.7 Å². The Morgan fingerprint density at radius 1 is 1.28 bits per heavy atom. The van der Waals surface area contributed by atoms with Crippen LogP contribution in [0.4, 0.5) is 0 Å². The van der Waals surface area contributed by atoms with Gasteiger partial charge in [0.25, 0.3) is 0 Å². The maximum atomic E-state index is 8.74. The Bertz CT molecular complexity index is 259. The highest BCUT2D eigenvalue weighted by Crippen LogP contribution is 2.38. The van der Waals surface area contributed by atoms with Crippen LogP contribution in [0.2, 0.25) is 0 Å². The van der Waals surface area contributed by atoms with E-state index in [0.29, 0.717) is 11.8 Å². The molecule has 0 N–H and O–H groups in total. The van der Waals surface area contributed by atoms with Gasteiger partial charge >= 0.3 is 0 Å². The van der Waals surface area contributed by atoms with Crippen molar-refractivity contribution >= 4 is 12.6 Å². The molecule has 0 radical (unpaired) electrons. The second-order valence-corrected chi connectivity index (χ2v) is 5.71. The molecule has 0 atom stereocenters. The number of nitriles is 1. The highest BCUT2D eigenvalue weighted by molar-refractivity contribution is 7.80. The molecule has 18 heavy (non-hydrogen) atoms. The van der Waals surface area contributed by atoms with E-state index >= 15 is 0 Å². The van der Waals surface area contributed by atoms with Crippen LogP contribution in [0.25, 0.3) is 0 Å². The predicted molar refractivity (Wildman–Crippen MR) is 77.9 cm³/mol. The molecule has 0 heterocycles. The highest BCUT2D eigenvalue weighted by Gasteiger charge is 2.32. The monoisotopic (exact) mass is 270 g/mol. The van der Waals surface area contributed by atoms with Gasteiger partial charge in [0.1, 0.15) is 0 Å². The van der Waals surface area contributed by atoms with E-state index in [1.54, 1.807) is 7.11 Å². The maximum Gasteiger partial charge on any atom is 0.0635 e. The molecule has 1 aliphatic carbocycles. The number of ether oxygens (including phenoxy) is 1. The summed E-state index contributed by atoms with van der Waals surface area (Å²) in [6.07, 6.45) is 7.20. The van der Waals surface area contributed by atoms with Gasteiger partial charge in [0, 0.05) is 33.2 Å². The molecule has 0 aromatic heterocycles. The zero-order chi connectivity index (χ0) is 13.3. The zero-order valence-corrected chi connectivity index (χ0v) is 12.4. The zero-order valence-electron chi connectivity index (χ0n) is 11.5. The minimum atomic E-state index is 0.366. The summed E-state index contributed by atoms with van der Waals surface area (Å²) in [6, 6.07) is 2.24. The Morgan fingerprint density at radius 2 is 2.00 bits per heavy atom. The third-order valence-corrected chi connectivity index (χ3v) is 4.63. The molecule has 0 aromatic carbocycles. The summed E-state index contributed by atoms with van der Waals surface area (Å²) in [5, 5.41) is 8.74. The molecular formula is C14H26N2OS. The van der Waals surface area contributed by atoms with Crippen LogP contribution in [-0.4, -0.2) is 44.0 Å². The molecule has 1 fully saturated rings. The van der Waals surface area contributed by atoms with Gasteiger partial charge in [-0.1, -0.05) is 19.3 Å². The van der Waals surface area contributed by atoms with Crippen molar-refractivity contribution < 1.29 is 4.74 Å². The predicted octanol–water partition coefficient (Wildman–Crippen LogP) is 2.73. The van der Waals surface area contributed by atoms with Crippen LogP contribution in [-0.2, 0) is 4.74 Å². The lowest BCUT2D eigenvalue weighted by atomic mass is 9.75. The molecule has 4 heteroatoms. The van der Waals surface area contributed by atoms with E-state index in [-0.39, 0.29) is 0 Å². The van der Waals surface area contributed by atoms with Gasteiger partial charge in [-0.15, -0.1) is 0 Å². The lowest BCUT2D eigenvalue weighted by Gasteiger charge is -2.40. The summed E-state index contributed by atoms with van der Waals surface area (Å²) in [7, 11) is 1.73. The standard InChI is InChI=1S/C14H26N2OS/c1-17-11-10-16(9-5-8-15)12-14(13-18)6-3-2-4-7-14/h18H,2-7,9-13H2,1H3. The average Bonchev–Trinajstić information content (AvgIpc) is 2.43. The van der Waals surface area contributed by atoms with Crippen molar-refractivity contribution in [3.8, 4) is 6.07 Å². The van der Waals surface area contributed by atoms with Crippen LogP contribution < -0.4 is 0 Å². The van der Waals surface area contributed by atoms with E-state index in [9.17, 15) is 0 Å². The summed E-state index contributed by atoms with van der Waals surface area (Å²) in [5.74, 6) is 0.961. The molecule has 0 amide bonds. The Balaban J connectivity index is 2.52. The first-order valence-corrected chi connectivity index (χ1v) is 7.59. The van der Waals surface area contributed by atoms with Crippen LogP contribution in [0.3, 0.4) is 0 Å². The second kappa shape index (κ2) is 8.79. The third kappa shape index (κ3) is 5.17. The van der Waals surface area contributed by atoms with Gasteiger partial charge in [-0.3, -0.25) is 4.90 Å². The van der Waals surface area contributed by atoms with E-state index in [1.165, 1.54) is 32.1 Å². The fourth-order valence-corrected chi connectivity index (χ4v) is 3.26. The summed E-state index contributed by atoms with van der Waals surface area (Å²) >= 11 is 4.58. The van der Waals surface area contributed by atoms with E-state index in [4.69, 9.17) is 10.00 Å². The Labute approximate surface area is 117 Å². The summed E-state index contributed by atoms with van der Waals surface area (Å²) in [4.78, 5) is 2.38. The Hall–Kier alpha value is -0.240. The van der Waals surface area contributed by atoms with E-state index in [1.807, 2.05) is 0 Å². The van der Waals surface area contributed by atoms with Crippen molar-refractivity contribution in [3.05, 3.63) is 0 Å². The minimum Gasteiger partial charge on any atom is -0.383 e. The number of hydrogen-bond acceptors (Lipinski definition) is 4. The first kappa shape index (κ1) is 15.8. The number of thiol groups is 1. The van der Waals surface area contributed by atoms with Crippen LogP contribution in [0.5, 0.6) is 0 Å². The minimum absolute atomic E-state index is 0.366. The third-order valence-electron chi connectivity index (χ3n) is 3.96. The van der Waals surface area contributed by atoms with Crippen molar-refractivity contribution in [3.63, 3.8) is 0 Å². The molecule has 1 rings (SSSR count). The first-order chi connectivity index (χ1) is 8.76. The van der Waals surface area contributed by atoms with Crippen molar-refractivity contribution in [1.29, 1.82) is 5.26 Å². The van der Waals surface area contributed by atoms with Crippen molar-refractivity contribution in [2.24, 2.45) is 5.41 Å². The maximum absolute atomic E-state index is 8.74. The number of rotatable bonds is 8. The quantitative estimate of drug-likeness (QED) is 0.689. The van der Waals surface area contributed by atoms with Gasteiger partial charge in [0.2, 0.25) is 0 Å². The highest BCUT2D eigenvalue weighted by atomic mass is 32.1. The second-order valence-electron chi connectivity index (χ2n) is 5.40. The fourth-order valence-electron chi connectivity index (χ4n) is 2.84. The molecule has 0 saturated heterocycles. The normalized spacial score (nSPS) is 18.8. The molecule has 104 valence electrons. The van der Waals surface area contributed by atoms with E-state index in [2.05, 4.69) is 23.6 Å². The van der Waals surface area contributed by atoms with E-state index < -0.39 is 0 Å². The van der Waals surface area contributed by atoms with Gasteiger partial charge in [-0.2, -0.15) is 17.9 Å². The van der Waals surface area contributed by atoms with Crippen molar-refractivity contribution in [1.82, 2.24) is 4.90 Å². The SMILES string of the molecule is COCCN(CCC#N)CC1(CS)CCCCC1. The van der Waals surface area contributed by atoms with Gasteiger partial charge < -0.3 is 4.74 Å². The van der Waals surface area contributed by atoms with Gasteiger partial charge in [-0.05, 0) is 24.0 Å². The smallest absolute Gasteiger partial charge is 0.0635 e. The molecule has 3 nitrogen and oxygen atoms in total. The average molecular weight is 270 g/mol. The van der Waals surface area contributed by atoms with Crippen LogP contribution in [0.1, 0.15) is 38.5 Å². The lowest BCUT2D eigenvalue weighted by molar-refractivity contribution is 0.0951. The molecule has 0 unspecified atom stereocenters. The number of methoxy groups -OCH3 is 1. The number of hydrogen-bond donors (Lipinski definition) is 1. The van der Waals surface area contributed by atoms with Crippen molar-refractivity contribution in [2.45, 2.75) is 38.5 Å². The summed E-state index contributed by atoms with van der Waals surface area (Å²) < 4.78 is 5.16. The summed E-state index contributed by atoms with van der Waals surface area (Å²) in [5.41, 5.74) is 0.366. The van der Waals surface area contributed by atoms with Crippen LogP contribution in [0.15, 0.2) is 0 Å². The molecule has 0 bridgehead atoms. The fraction of sp³-hybridized carbons (Fsp3) is 0.929. The molecule has 0 spiro atoms. The molecular weight excluding hydrogens is 244 g/mol. The molecule has 1 saturated carbocycles. The Morgan fingerprint density at radius 3 is 2.56 bits per heavy atom. The van der Waals surface area contributed by atoms with Crippen LogP contribution in [0, 0.1) is 16.7 Å². The lowest BCUT2D eigenvalue weighted by Crippen LogP contribution is -2.42. The first-order valence-electron chi connectivity index (χ1n) is 6.95. The molecule has 1 aliphatic rings. The van der Waals surface area contributed by atoms with Gasteiger partial charge in [-0.25, -0.2) is 0 Å². The molecule has 0 aromatic rings.